The zero-order chi connectivity index (χ0) is 38.3. The summed E-state index contributed by atoms with van der Waals surface area (Å²) in [5, 5.41) is 30.3. The van der Waals surface area contributed by atoms with Crippen LogP contribution < -0.4 is 11.1 Å². The van der Waals surface area contributed by atoms with E-state index in [-0.39, 0.29) is 47.3 Å². The minimum Gasteiger partial charge on any atom is -0.481 e. The fourth-order valence-corrected chi connectivity index (χ4v) is 5.57. The number of nitrogens with two attached hydrogens (primary N) is 1. The Hall–Kier alpha value is -2.91. The molecule has 0 aliphatic carbocycles. The lowest BCUT2D eigenvalue weighted by Gasteiger charge is -2.28. The average molecular weight is 739 g/mol. The Morgan fingerprint density at radius 2 is 1.20 bits per heavy atom. The topological polar surface area (TPSA) is 235 Å². The predicted molar refractivity (Wildman–Crippen MR) is 191 cm³/mol. The number of carboxylic acid groups (broad SMARTS) is 3. The van der Waals surface area contributed by atoms with Crippen molar-refractivity contribution in [2.75, 3.05) is 85.1 Å². The number of rotatable bonds is 30. The van der Waals surface area contributed by atoms with Crippen LogP contribution in [0.25, 0.3) is 0 Å². The lowest BCUT2D eigenvalue weighted by atomic mass is 10.1. The Kier molecular flexibility index (Phi) is 31.5. The van der Waals surface area contributed by atoms with Gasteiger partial charge in [-0.25, -0.2) is 0 Å². The molecule has 0 rings (SSSR count). The van der Waals surface area contributed by atoms with Crippen molar-refractivity contribution in [2.45, 2.75) is 90.6 Å². The second-order valence-electron chi connectivity index (χ2n) is 11.7. The largest absolute Gasteiger partial charge is 0.481 e. The Labute approximate surface area is 298 Å². The van der Waals surface area contributed by atoms with Crippen molar-refractivity contribution in [1.82, 2.24) is 15.1 Å². The fourth-order valence-electron chi connectivity index (χ4n) is 4.78. The van der Waals surface area contributed by atoms with Crippen LogP contribution in [0.1, 0.15) is 78.6 Å². The molecule has 0 bridgehead atoms. The molecule has 292 valence electrons. The molecule has 0 saturated carbocycles. The van der Waals surface area contributed by atoms with Crippen LogP contribution in [0.5, 0.6) is 0 Å². The molecule has 0 aliphatic rings. The number of hydrogen-bond acceptors (Lipinski definition) is 13. The van der Waals surface area contributed by atoms with Gasteiger partial charge in [0.05, 0.1) is 45.8 Å². The molecule has 6 N–H and O–H groups in total. The van der Waals surface area contributed by atoms with Crippen molar-refractivity contribution in [3.63, 3.8) is 0 Å². The number of nitrogens with zero attached hydrogens (tertiary/aromatic N) is 2. The number of carbonyl (C=O) groups is 6. The highest BCUT2D eigenvalue weighted by Crippen LogP contribution is 2.24. The Balaban J connectivity index is 0. The normalized spacial score (nSPS) is 12.2. The van der Waals surface area contributed by atoms with Crippen molar-refractivity contribution in [1.29, 1.82) is 0 Å². The van der Waals surface area contributed by atoms with E-state index in [9.17, 15) is 28.8 Å². The van der Waals surface area contributed by atoms with E-state index >= 15 is 0 Å². The van der Waals surface area contributed by atoms with Crippen molar-refractivity contribution >= 4 is 43.7 Å². The molecule has 0 amide bonds. The summed E-state index contributed by atoms with van der Waals surface area (Å²) in [6.45, 7) is 12.9. The first kappa shape index (κ1) is 49.2. The molecule has 0 fully saturated rings. The number of nitrogens with one attached hydrogen (secondary N) is 1. The van der Waals surface area contributed by atoms with Gasteiger partial charge in [-0.3, -0.25) is 38.6 Å². The van der Waals surface area contributed by atoms with E-state index in [1.54, 1.807) is 25.7 Å². The van der Waals surface area contributed by atoms with Gasteiger partial charge in [-0.2, -0.15) is 0 Å². The van der Waals surface area contributed by atoms with Crippen LogP contribution in [0.15, 0.2) is 0 Å². The van der Waals surface area contributed by atoms with Crippen LogP contribution in [-0.2, 0) is 43.0 Å². The van der Waals surface area contributed by atoms with Crippen molar-refractivity contribution in [3.8, 4) is 0 Å². The van der Waals surface area contributed by atoms with Crippen molar-refractivity contribution < 1.29 is 58.3 Å². The molecule has 17 heteroatoms. The van der Waals surface area contributed by atoms with Gasteiger partial charge in [0.2, 0.25) is 0 Å². The first-order valence-corrected chi connectivity index (χ1v) is 19.8. The highest BCUT2D eigenvalue weighted by atomic mass is 31.1. The molecule has 0 aromatic rings. The molecule has 2 unspecified atom stereocenters. The van der Waals surface area contributed by atoms with Crippen LogP contribution in [0.4, 0.5) is 0 Å². The van der Waals surface area contributed by atoms with Crippen LogP contribution in [0, 0.1) is 0 Å². The Morgan fingerprint density at radius 1 is 0.660 bits per heavy atom. The number of unbranched alkanes of at least 4 members (excludes halogenated alkanes) is 4. The number of ether oxygens (including phenoxy) is 3. The second kappa shape index (κ2) is 32.0. The van der Waals surface area contributed by atoms with E-state index in [1.807, 2.05) is 0 Å². The summed E-state index contributed by atoms with van der Waals surface area (Å²) in [6.07, 6.45) is 6.50. The van der Waals surface area contributed by atoms with Gasteiger partial charge >= 0.3 is 35.8 Å². The summed E-state index contributed by atoms with van der Waals surface area (Å²) in [6, 6.07) is -2.19. The molecule has 0 heterocycles. The van der Waals surface area contributed by atoms with E-state index in [1.165, 1.54) is 17.5 Å². The molecule has 0 saturated heterocycles. The highest BCUT2D eigenvalue weighted by molar-refractivity contribution is 7.55. The maximum Gasteiger partial charge on any atom is 0.323 e. The maximum absolute atomic E-state index is 12.3. The third-order valence-electron chi connectivity index (χ3n) is 7.14. The van der Waals surface area contributed by atoms with Gasteiger partial charge in [-0.05, 0) is 105 Å². The molecular formula is C33H63N4O12P. The summed E-state index contributed by atoms with van der Waals surface area (Å²) in [5.74, 6) is -5.22. The number of carboxylic acids is 3. The smallest absolute Gasteiger partial charge is 0.323 e. The highest BCUT2D eigenvalue weighted by Gasteiger charge is 2.32. The van der Waals surface area contributed by atoms with Crippen LogP contribution in [0.3, 0.4) is 0 Å². The van der Waals surface area contributed by atoms with Gasteiger partial charge in [-0.15, -0.1) is 7.92 Å². The zero-order valence-electron chi connectivity index (χ0n) is 30.7. The average Bonchev–Trinajstić information content (AvgIpc) is 3.02. The number of aliphatic carboxylic acids is 3. The molecule has 0 radical (unpaired) electrons. The lowest BCUT2D eigenvalue weighted by Crippen LogP contribution is -2.47. The minimum atomic E-state index is -1.32. The summed E-state index contributed by atoms with van der Waals surface area (Å²) in [7, 11) is 0.153. The van der Waals surface area contributed by atoms with Gasteiger partial charge in [0.15, 0.2) is 0 Å². The predicted octanol–water partition coefficient (Wildman–Crippen LogP) is 2.06. The zero-order valence-corrected chi connectivity index (χ0v) is 31.6. The van der Waals surface area contributed by atoms with Gasteiger partial charge in [-0.1, -0.05) is 12.8 Å². The molecule has 0 aliphatic heterocycles. The lowest BCUT2D eigenvalue weighted by molar-refractivity contribution is -0.158. The maximum atomic E-state index is 12.3. The quantitative estimate of drug-likeness (QED) is 0.0307. The van der Waals surface area contributed by atoms with E-state index < -0.39 is 60.9 Å². The fraction of sp³-hybridized carbons (Fsp3) is 0.818. The number of carbonyl (C=O) groups excluding carboxylic acids is 3. The van der Waals surface area contributed by atoms with Crippen molar-refractivity contribution in [3.05, 3.63) is 0 Å². The Bertz CT molecular complexity index is 973. The number of esters is 3. The summed E-state index contributed by atoms with van der Waals surface area (Å²) in [5.41, 5.74) is 5.49. The first-order chi connectivity index (χ1) is 23.7. The van der Waals surface area contributed by atoms with Gasteiger partial charge in [0, 0.05) is 0 Å². The third-order valence-corrected chi connectivity index (χ3v) is 8.35. The van der Waals surface area contributed by atoms with Gasteiger partial charge in [0.1, 0.15) is 12.1 Å². The van der Waals surface area contributed by atoms with Crippen LogP contribution in [0.2, 0.25) is 0 Å². The molecule has 50 heavy (non-hydrogen) atoms. The van der Waals surface area contributed by atoms with Crippen molar-refractivity contribution in [2.24, 2.45) is 5.73 Å². The second-order valence-corrected chi connectivity index (χ2v) is 14.3. The third kappa shape index (κ3) is 27.9. The molecule has 16 nitrogen and oxygen atoms in total. The molecule has 0 aromatic heterocycles. The van der Waals surface area contributed by atoms with Crippen LogP contribution >= 0.6 is 7.92 Å². The van der Waals surface area contributed by atoms with E-state index in [0.717, 1.165) is 45.2 Å². The van der Waals surface area contributed by atoms with E-state index in [4.69, 9.17) is 35.3 Å². The van der Waals surface area contributed by atoms with E-state index in [2.05, 4.69) is 18.6 Å². The minimum absolute atomic E-state index is 0.0840. The number of hydrogen-bond donors (Lipinski definition) is 5. The monoisotopic (exact) mass is 738 g/mol. The van der Waals surface area contributed by atoms with Crippen LogP contribution in [-0.4, -0.2) is 158 Å². The van der Waals surface area contributed by atoms with Gasteiger partial charge in [0.25, 0.3) is 0 Å². The SMILES string of the molecule is CCOC(=O)CC(C(=O)OCC)N(CCCCCN)CC(=O)OCC.CP(C)CCCNCCCCCN(CC(=O)O)C(CC(=O)O)C(=O)O. The summed E-state index contributed by atoms with van der Waals surface area (Å²) < 4.78 is 15.0. The molecule has 2 atom stereocenters. The van der Waals surface area contributed by atoms with E-state index in [0.29, 0.717) is 19.5 Å². The Morgan fingerprint density at radius 3 is 1.70 bits per heavy atom. The van der Waals surface area contributed by atoms with Gasteiger partial charge < -0.3 is 40.6 Å². The standard InChI is InChI=1S/C17H32N2O6.C16H31N2O6P/c1-4-23-15(20)12-14(17(22)25-6-3)19(11-9-7-8-10-18)13-16(21)24-5-2;1-25(2)10-6-8-17-7-4-3-5-9-18(12-15(21)22)13(16(23)24)11-14(19)20/h14H,4-13,18H2,1-3H3;13,17H,3-12H2,1-2H3,(H,19,20)(H,21,22)(H,23,24). The first-order valence-electron chi connectivity index (χ1n) is 17.4. The molecular weight excluding hydrogens is 675 g/mol. The molecule has 0 aromatic carbocycles. The summed E-state index contributed by atoms with van der Waals surface area (Å²) >= 11 is 0. The summed E-state index contributed by atoms with van der Waals surface area (Å²) in [4.78, 5) is 71.9. The molecule has 0 spiro atoms.